The summed E-state index contributed by atoms with van der Waals surface area (Å²) in [6.07, 6.45) is 1.32. The fourth-order valence-corrected chi connectivity index (χ4v) is 2.50. The fraction of sp³-hybridized carbons (Fsp3) is 0.727. The number of hydrogen-bond donors (Lipinski definition) is 3. The molecule has 96 valence electrons. The Hall–Kier alpha value is -1.17. The quantitative estimate of drug-likeness (QED) is 0.616. The highest BCUT2D eigenvalue weighted by Gasteiger charge is 2.51. The molecule has 0 radical (unpaired) electrons. The Bertz CT molecular complexity index is 351. The minimum atomic E-state index is -0.753. The first-order valence-corrected chi connectivity index (χ1v) is 6.06. The Morgan fingerprint density at radius 3 is 2.35 bits per heavy atom. The molecule has 17 heavy (non-hydrogen) atoms. The maximum Gasteiger partial charge on any atom is 0.242 e. The van der Waals surface area contributed by atoms with Gasteiger partial charge in [0, 0.05) is 7.05 Å². The summed E-state index contributed by atoms with van der Waals surface area (Å²) >= 11 is 4.97. The first kappa shape index (κ1) is 13.9. The normalized spacial score (nSPS) is 28.8. The lowest BCUT2D eigenvalue weighted by Gasteiger charge is -2.44. The number of rotatable bonds is 4. The molecule has 1 aliphatic carbocycles. The average Bonchev–Trinajstić information content (AvgIpc) is 2.22. The number of amides is 2. The van der Waals surface area contributed by atoms with Crippen LogP contribution in [0.4, 0.5) is 0 Å². The number of nitrogens with two attached hydrogens (primary N) is 1. The molecule has 4 N–H and O–H groups in total. The molecule has 0 saturated heterocycles. The maximum atomic E-state index is 12.1. The van der Waals surface area contributed by atoms with Crippen LogP contribution >= 0.6 is 12.2 Å². The zero-order valence-electron chi connectivity index (χ0n) is 10.4. The van der Waals surface area contributed by atoms with Gasteiger partial charge in [0.1, 0.15) is 6.04 Å². The molecular formula is C11H19N3O2S. The van der Waals surface area contributed by atoms with Crippen LogP contribution in [0.5, 0.6) is 0 Å². The molecule has 1 aliphatic rings. The summed E-state index contributed by atoms with van der Waals surface area (Å²) in [6.45, 7) is 3.68. The fourth-order valence-electron chi connectivity index (χ4n) is 2.25. The van der Waals surface area contributed by atoms with Crippen molar-refractivity contribution in [3.63, 3.8) is 0 Å². The van der Waals surface area contributed by atoms with E-state index in [0.29, 0.717) is 18.8 Å². The molecule has 1 atom stereocenters. The van der Waals surface area contributed by atoms with Gasteiger partial charge in [0.2, 0.25) is 11.8 Å². The van der Waals surface area contributed by atoms with E-state index in [0.717, 1.165) is 0 Å². The van der Waals surface area contributed by atoms with Crippen LogP contribution < -0.4 is 16.4 Å². The van der Waals surface area contributed by atoms with Crippen molar-refractivity contribution in [3.8, 4) is 0 Å². The van der Waals surface area contributed by atoms with E-state index < -0.39 is 11.5 Å². The highest BCUT2D eigenvalue weighted by Crippen LogP contribution is 2.46. The van der Waals surface area contributed by atoms with Crippen molar-refractivity contribution in [2.45, 2.75) is 32.7 Å². The van der Waals surface area contributed by atoms with Crippen molar-refractivity contribution in [1.29, 1.82) is 0 Å². The van der Waals surface area contributed by atoms with E-state index in [4.69, 9.17) is 18.0 Å². The van der Waals surface area contributed by atoms with Crippen LogP contribution in [-0.4, -0.2) is 29.9 Å². The van der Waals surface area contributed by atoms with Crippen LogP contribution in [0.15, 0.2) is 0 Å². The summed E-state index contributed by atoms with van der Waals surface area (Å²) in [5, 5.41) is 5.13. The van der Waals surface area contributed by atoms with Gasteiger partial charge < -0.3 is 16.4 Å². The minimum absolute atomic E-state index is 0.220. The topological polar surface area (TPSA) is 84.2 Å². The summed E-state index contributed by atoms with van der Waals surface area (Å²) in [5.74, 6) is -0.0273. The predicted octanol–water partition coefficient (Wildman–Crippen LogP) is -0.0605. The van der Waals surface area contributed by atoms with Crippen LogP contribution in [0, 0.1) is 11.3 Å². The van der Waals surface area contributed by atoms with Crippen LogP contribution in [0.3, 0.4) is 0 Å². The van der Waals surface area contributed by atoms with Crippen LogP contribution in [0.25, 0.3) is 0 Å². The van der Waals surface area contributed by atoms with Crippen molar-refractivity contribution in [3.05, 3.63) is 0 Å². The SMILES string of the molecule is CNC(=O)C(C)NC(=O)C1(C(N)=S)CC(C)C1. The lowest BCUT2D eigenvalue weighted by atomic mass is 9.62. The second kappa shape index (κ2) is 5.00. The van der Waals surface area contributed by atoms with E-state index in [1.807, 2.05) is 6.92 Å². The number of carbonyl (C=O) groups is 2. The Labute approximate surface area is 107 Å². The van der Waals surface area contributed by atoms with Gasteiger partial charge in [-0.2, -0.15) is 0 Å². The summed E-state index contributed by atoms with van der Waals surface area (Å²) < 4.78 is 0. The molecule has 2 amide bonds. The number of likely N-dealkylation sites (N-methyl/N-ethyl adjacent to an activating group) is 1. The van der Waals surface area contributed by atoms with Crippen molar-refractivity contribution < 1.29 is 9.59 Å². The van der Waals surface area contributed by atoms with E-state index in [9.17, 15) is 9.59 Å². The molecule has 0 heterocycles. The van der Waals surface area contributed by atoms with E-state index in [-0.39, 0.29) is 16.8 Å². The van der Waals surface area contributed by atoms with Gasteiger partial charge in [0.05, 0.1) is 10.4 Å². The Morgan fingerprint density at radius 1 is 1.47 bits per heavy atom. The van der Waals surface area contributed by atoms with Gasteiger partial charge in [-0.05, 0) is 25.7 Å². The molecule has 5 nitrogen and oxygen atoms in total. The van der Waals surface area contributed by atoms with Gasteiger partial charge in [0.15, 0.2) is 0 Å². The molecule has 0 aromatic carbocycles. The zero-order chi connectivity index (χ0) is 13.2. The largest absolute Gasteiger partial charge is 0.392 e. The van der Waals surface area contributed by atoms with Gasteiger partial charge in [-0.25, -0.2) is 0 Å². The molecule has 0 bridgehead atoms. The van der Waals surface area contributed by atoms with E-state index in [2.05, 4.69) is 10.6 Å². The van der Waals surface area contributed by atoms with Crippen molar-refractivity contribution >= 4 is 29.0 Å². The molecule has 0 aromatic rings. The Morgan fingerprint density at radius 2 is 2.00 bits per heavy atom. The first-order valence-electron chi connectivity index (χ1n) is 5.66. The number of thiocarbonyl (C=S) groups is 1. The second-order valence-electron chi connectivity index (χ2n) is 4.77. The first-order chi connectivity index (χ1) is 7.83. The minimum Gasteiger partial charge on any atom is -0.392 e. The van der Waals surface area contributed by atoms with Gasteiger partial charge >= 0.3 is 0 Å². The van der Waals surface area contributed by atoms with Crippen LogP contribution in [-0.2, 0) is 9.59 Å². The van der Waals surface area contributed by atoms with E-state index in [1.54, 1.807) is 6.92 Å². The summed E-state index contributed by atoms with van der Waals surface area (Å²) in [6, 6.07) is -0.574. The zero-order valence-corrected chi connectivity index (χ0v) is 11.2. The second-order valence-corrected chi connectivity index (χ2v) is 5.21. The van der Waals surface area contributed by atoms with E-state index >= 15 is 0 Å². The highest BCUT2D eigenvalue weighted by molar-refractivity contribution is 7.80. The van der Waals surface area contributed by atoms with Crippen LogP contribution in [0.2, 0.25) is 0 Å². The molecule has 1 rings (SSSR count). The molecule has 1 unspecified atom stereocenters. The van der Waals surface area contributed by atoms with E-state index in [1.165, 1.54) is 7.05 Å². The average molecular weight is 257 g/mol. The van der Waals surface area contributed by atoms with Crippen LogP contribution in [0.1, 0.15) is 26.7 Å². The monoisotopic (exact) mass is 257 g/mol. The molecule has 0 aromatic heterocycles. The highest BCUT2D eigenvalue weighted by atomic mass is 32.1. The molecular weight excluding hydrogens is 238 g/mol. The molecule has 1 saturated carbocycles. The predicted molar refractivity (Wildman–Crippen MR) is 69.3 cm³/mol. The lowest BCUT2D eigenvalue weighted by Crippen LogP contribution is -2.58. The smallest absolute Gasteiger partial charge is 0.242 e. The van der Waals surface area contributed by atoms with Crippen molar-refractivity contribution in [2.75, 3.05) is 7.05 Å². The van der Waals surface area contributed by atoms with Gasteiger partial charge in [-0.3, -0.25) is 9.59 Å². The lowest BCUT2D eigenvalue weighted by molar-refractivity contribution is -0.136. The Balaban J connectivity index is 2.69. The summed E-state index contributed by atoms with van der Waals surface area (Å²) in [5.41, 5.74) is 4.90. The van der Waals surface area contributed by atoms with Gasteiger partial charge in [-0.15, -0.1) is 0 Å². The maximum absolute atomic E-state index is 12.1. The summed E-state index contributed by atoms with van der Waals surface area (Å²) in [7, 11) is 1.53. The van der Waals surface area contributed by atoms with Gasteiger partial charge in [0.25, 0.3) is 0 Å². The molecule has 0 aliphatic heterocycles. The standard InChI is InChI=1S/C11H19N3O2S/c1-6-4-11(5-6,9(12)17)10(16)14-7(2)8(15)13-3/h6-7H,4-5H2,1-3H3,(H2,12,17)(H,13,15)(H,14,16). The number of nitrogens with one attached hydrogen (secondary N) is 2. The van der Waals surface area contributed by atoms with Crippen molar-refractivity contribution in [2.24, 2.45) is 17.1 Å². The third-order valence-corrected chi connectivity index (χ3v) is 3.68. The number of carbonyl (C=O) groups excluding carboxylic acids is 2. The third kappa shape index (κ3) is 2.57. The Kier molecular flexibility index (Phi) is 4.08. The van der Waals surface area contributed by atoms with Gasteiger partial charge in [-0.1, -0.05) is 19.1 Å². The number of hydrogen-bond acceptors (Lipinski definition) is 3. The van der Waals surface area contributed by atoms with Crippen molar-refractivity contribution in [1.82, 2.24) is 10.6 Å². The summed E-state index contributed by atoms with van der Waals surface area (Å²) in [4.78, 5) is 23.7. The molecule has 0 spiro atoms. The molecule has 6 heteroatoms. The molecule has 1 fully saturated rings. The third-order valence-electron chi connectivity index (χ3n) is 3.29.